The van der Waals surface area contributed by atoms with E-state index in [1.807, 2.05) is 0 Å². The Morgan fingerprint density at radius 3 is 2.65 bits per heavy atom. The van der Waals surface area contributed by atoms with Crippen molar-refractivity contribution in [2.45, 2.75) is 12.5 Å². The fraction of sp³-hybridized carbons (Fsp3) is 0.143. The van der Waals surface area contributed by atoms with Crippen molar-refractivity contribution < 1.29 is 10.0 Å². The van der Waals surface area contributed by atoms with Crippen LogP contribution in [0.5, 0.6) is 0 Å². The molecule has 0 aliphatic carbocycles. The summed E-state index contributed by atoms with van der Waals surface area (Å²) in [7, 11) is 0. The van der Waals surface area contributed by atoms with Gasteiger partial charge >= 0.3 is 0 Å². The van der Waals surface area contributed by atoms with Crippen LogP contribution in [0.15, 0.2) is 46.9 Å². The smallest absolute Gasteiger partial charge is 0.272 e. The average Bonchev–Trinajstić information content (AvgIpc) is 2.42. The van der Waals surface area contributed by atoms with E-state index in [9.17, 15) is 15.2 Å². The molecule has 0 saturated heterocycles. The van der Waals surface area contributed by atoms with Gasteiger partial charge in [-0.05, 0) is 33.6 Å². The van der Waals surface area contributed by atoms with Crippen molar-refractivity contribution in [3.8, 4) is 0 Å². The Morgan fingerprint density at radius 1 is 1.30 bits per heavy atom. The standard InChI is InChI=1S/C14H11BrClNO3/c15-11-6-5-10(7-12(11)16)14(18)8-9-3-1-2-4-13(9)17(19)20/h1-7,14,18H,8H2. The first-order valence-corrected chi connectivity index (χ1v) is 7.01. The van der Waals surface area contributed by atoms with E-state index in [-0.39, 0.29) is 12.1 Å². The molecule has 4 nitrogen and oxygen atoms in total. The van der Waals surface area contributed by atoms with Gasteiger partial charge in [-0.1, -0.05) is 35.9 Å². The van der Waals surface area contributed by atoms with Crippen molar-refractivity contribution in [3.63, 3.8) is 0 Å². The second-order valence-corrected chi connectivity index (χ2v) is 5.54. The van der Waals surface area contributed by atoms with Gasteiger partial charge in [-0.2, -0.15) is 0 Å². The summed E-state index contributed by atoms with van der Waals surface area (Å²) < 4.78 is 0.737. The Balaban J connectivity index is 2.25. The number of rotatable bonds is 4. The molecule has 0 fully saturated rings. The molecule has 0 bridgehead atoms. The molecule has 1 unspecified atom stereocenters. The lowest BCUT2D eigenvalue weighted by atomic mass is 10.0. The van der Waals surface area contributed by atoms with Crippen molar-refractivity contribution in [3.05, 3.63) is 73.2 Å². The van der Waals surface area contributed by atoms with Gasteiger partial charge in [0.2, 0.25) is 0 Å². The molecular formula is C14H11BrClNO3. The minimum Gasteiger partial charge on any atom is -0.388 e. The van der Waals surface area contributed by atoms with Crippen LogP contribution < -0.4 is 0 Å². The number of para-hydroxylation sites is 1. The van der Waals surface area contributed by atoms with Crippen LogP contribution >= 0.6 is 27.5 Å². The molecule has 1 N–H and O–H groups in total. The largest absolute Gasteiger partial charge is 0.388 e. The van der Waals surface area contributed by atoms with Crippen LogP contribution in [0, 0.1) is 10.1 Å². The normalized spacial score (nSPS) is 12.2. The van der Waals surface area contributed by atoms with E-state index >= 15 is 0 Å². The Morgan fingerprint density at radius 2 is 2.00 bits per heavy atom. The monoisotopic (exact) mass is 355 g/mol. The van der Waals surface area contributed by atoms with E-state index in [4.69, 9.17) is 11.6 Å². The Labute approximate surface area is 129 Å². The van der Waals surface area contributed by atoms with Gasteiger partial charge in [0.1, 0.15) is 0 Å². The van der Waals surface area contributed by atoms with E-state index in [1.54, 1.807) is 36.4 Å². The summed E-state index contributed by atoms with van der Waals surface area (Å²) in [4.78, 5) is 10.5. The molecule has 2 aromatic carbocycles. The summed E-state index contributed by atoms with van der Waals surface area (Å²) >= 11 is 9.25. The molecule has 2 rings (SSSR count). The topological polar surface area (TPSA) is 63.4 Å². The molecule has 0 saturated carbocycles. The van der Waals surface area contributed by atoms with Crippen LogP contribution in [0.2, 0.25) is 5.02 Å². The lowest BCUT2D eigenvalue weighted by Crippen LogP contribution is -2.04. The molecular weight excluding hydrogens is 346 g/mol. The van der Waals surface area contributed by atoms with Crippen molar-refractivity contribution in [2.24, 2.45) is 0 Å². The summed E-state index contributed by atoms with van der Waals surface area (Å²) in [5, 5.41) is 21.6. The molecule has 6 heteroatoms. The van der Waals surface area contributed by atoms with E-state index in [0.29, 0.717) is 16.1 Å². The molecule has 20 heavy (non-hydrogen) atoms. The molecule has 0 radical (unpaired) electrons. The average molecular weight is 357 g/mol. The van der Waals surface area contributed by atoms with Gasteiger partial charge in [-0.15, -0.1) is 0 Å². The molecule has 2 aromatic rings. The Bertz CT molecular complexity index is 648. The third-order valence-corrected chi connectivity index (χ3v) is 4.16. The summed E-state index contributed by atoms with van der Waals surface area (Å²) in [6.07, 6.45) is -0.684. The SMILES string of the molecule is O=[N+]([O-])c1ccccc1CC(O)c1ccc(Br)c(Cl)c1. The summed E-state index contributed by atoms with van der Waals surface area (Å²) in [6, 6.07) is 11.5. The third kappa shape index (κ3) is 3.36. The molecule has 0 aliphatic rings. The second-order valence-electron chi connectivity index (χ2n) is 4.28. The maximum absolute atomic E-state index is 10.9. The van der Waals surface area contributed by atoms with E-state index in [2.05, 4.69) is 15.9 Å². The molecule has 0 amide bonds. The lowest BCUT2D eigenvalue weighted by Gasteiger charge is -2.12. The minimum atomic E-state index is -0.846. The Hall–Kier alpha value is -1.43. The fourth-order valence-corrected chi connectivity index (χ4v) is 2.34. The summed E-state index contributed by atoms with van der Waals surface area (Å²) in [5.74, 6) is 0. The van der Waals surface area contributed by atoms with Crippen LogP contribution in [-0.2, 0) is 6.42 Å². The van der Waals surface area contributed by atoms with Gasteiger partial charge in [-0.25, -0.2) is 0 Å². The molecule has 0 aromatic heterocycles. The first kappa shape index (κ1) is 15.0. The first-order valence-electron chi connectivity index (χ1n) is 5.84. The highest BCUT2D eigenvalue weighted by Crippen LogP contribution is 2.29. The zero-order valence-electron chi connectivity index (χ0n) is 10.3. The number of hydrogen-bond donors (Lipinski definition) is 1. The van der Waals surface area contributed by atoms with Crippen LogP contribution in [-0.4, -0.2) is 10.0 Å². The molecule has 0 spiro atoms. The highest BCUT2D eigenvalue weighted by molar-refractivity contribution is 9.10. The Kier molecular flexibility index (Phi) is 4.75. The number of nitro groups is 1. The molecule has 1 atom stereocenters. The van der Waals surface area contributed by atoms with Crippen LogP contribution in [0.4, 0.5) is 5.69 Å². The van der Waals surface area contributed by atoms with Crippen LogP contribution in [0.3, 0.4) is 0 Å². The minimum absolute atomic E-state index is 0.00904. The second kappa shape index (κ2) is 6.35. The van der Waals surface area contributed by atoms with Crippen LogP contribution in [0.25, 0.3) is 0 Å². The van der Waals surface area contributed by atoms with Crippen molar-refractivity contribution in [2.75, 3.05) is 0 Å². The maximum Gasteiger partial charge on any atom is 0.272 e. The number of aliphatic hydroxyl groups is 1. The van der Waals surface area contributed by atoms with Gasteiger partial charge < -0.3 is 5.11 Å². The van der Waals surface area contributed by atoms with Crippen LogP contribution in [0.1, 0.15) is 17.2 Å². The third-order valence-electron chi connectivity index (χ3n) is 2.93. The number of halogens is 2. The number of aliphatic hydroxyl groups excluding tert-OH is 1. The lowest BCUT2D eigenvalue weighted by molar-refractivity contribution is -0.385. The first-order chi connectivity index (χ1) is 9.49. The van der Waals surface area contributed by atoms with E-state index < -0.39 is 11.0 Å². The quantitative estimate of drug-likeness (QED) is 0.656. The van der Waals surface area contributed by atoms with Crippen molar-refractivity contribution in [1.29, 1.82) is 0 Å². The van der Waals surface area contributed by atoms with Gasteiger partial charge in [-0.3, -0.25) is 10.1 Å². The zero-order chi connectivity index (χ0) is 14.7. The van der Waals surface area contributed by atoms with Gasteiger partial charge in [0.05, 0.1) is 16.0 Å². The van der Waals surface area contributed by atoms with Crippen molar-refractivity contribution >= 4 is 33.2 Å². The predicted molar refractivity (Wildman–Crippen MR) is 80.9 cm³/mol. The highest BCUT2D eigenvalue weighted by atomic mass is 79.9. The molecule has 104 valence electrons. The fourth-order valence-electron chi connectivity index (χ4n) is 1.91. The van der Waals surface area contributed by atoms with Crippen molar-refractivity contribution in [1.82, 2.24) is 0 Å². The van der Waals surface area contributed by atoms with Gasteiger partial charge in [0, 0.05) is 22.5 Å². The highest BCUT2D eigenvalue weighted by Gasteiger charge is 2.17. The van der Waals surface area contributed by atoms with Gasteiger partial charge in [0.25, 0.3) is 5.69 Å². The summed E-state index contributed by atoms with van der Waals surface area (Å²) in [6.45, 7) is 0. The maximum atomic E-state index is 10.9. The van der Waals surface area contributed by atoms with Gasteiger partial charge in [0.15, 0.2) is 0 Å². The van der Waals surface area contributed by atoms with E-state index in [0.717, 1.165) is 4.47 Å². The number of nitrogens with zero attached hydrogens (tertiary/aromatic N) is 1. The zero-order valence-corrected chi connectivity index (χ0v) is 12.6. The number of benzene rings is 2. The molecule has 0 aliphatic heterocycles. The molecule has 0 heterocycles. The van der Waals surface area contributed by atoms with E-state index in [1.165, 1.54) is 6.07 Å². The predicted octanol–water partition coefficient (Wildman–Crippen LogP) is 4.29. The number of nitro benzene ring substituents is 1. The summed E-state index contributed by atoms with van der Waals surface area (Å²) in [5.41, 5.74) is 1.12. The number of hydrogen-bond acceptors (Lipinski definition) is 3.